The van der Waals surface area contributed by atoms with Crippen molar-refractivity contribution in [1.29, 1.82) is 0 Å². The summed E-state index contributed by atoms with van der Waals surface area (Å²) in [5.74, 6) is 0.365. The molecule has 6 heteroatoms. The fourth-order valence-corrected chi connectivity index (χ4v) is 1.78. The standard InChI is InChI=1S/C8H6BrClN4/c9-5-1-2-7(6(10)3-5)14-12-4-8(11)13-14/h1-4H,(H2,11,13). The number of hydrogen-bond acceptors (Lipinski definition) is 3. The van der Waals surface area contributed by atoms with E-state index in [1.807, 2.05) is 12.1 Å². The molecule has 0 saturated heterocycles. The molecule has 0 spiro atoms. The lowest BCUT2D eigenvalue weighted by atomic mass is 10.3. The first-order valence-corrected chi connectivity index (χ1v) is 4.97. The van der Waals surface area contributed by atoms with Gasteiger partial charge in [0.25, 0.3) is 0 Å². The van der Waals surface area contributed by atoms with E-state index in [0.717, 1.165) is 4.47 Å². The van der Waals surface area contributed by atoms with E-state index in [1.54, 1.807) is 6.07 Å². The Kier molecular flexibility index (Phi) is 2.43. The lowest BCUT2D eigenvalue weighted by Gasteiger charge is -2.02. The van der Waals surface area contributed by atoms with Crippen molar-refractivity contribution in [1.82, 2.24) is 15.0 Å². The molecule has 0 atom stereocenters. The van der Waals surface area contributed by atoms with E-state index in [2.05, 4.69) is 26.1 Å². The molecule has 1 heterocycles. The molecule has 72 valence electrons. The summed E-state index contributed by atoms with van der Waals surface area (Å²) in [6, 6.07) is 5.45. The van der Waals surface area contributed by atoms with Crippen LogP contribution in [0.1, 0.15) is 0 Å². The number of nitrogens with two attached hydrogens (primary N) is 1. The second-order valence-corrected chi connectivity index (χ2v) is 3.98. The van der Waals surface area contributed by atoms with Gasteiger partial charge in [-0.3, -0.25) is 0 Å². The maximum Gasteiger partial charge on any atom is 0.166 e. The maximum atomic E-state index is 6.00. The van der Waals surface area contributed by atoms with E-state index in [9.17, 15) is 0 Å². The van der Waals surface area contributed by atoms with Gasteiger partial charge in [-0.05, 0) is 18.2 Å². The summed E-state index contributed by atoms with van der Waals surface area (Å²) in [7, 11) is 0. The zero-order chi connectivity index (χ0) is 10.1. The maximum absolute atomic E-state index is 6.00. The fourth-order valence-electron chi connectivity index (χ4n) is 1.03. The predicted molar refractivity (Wildman–Crippen MR) is 58.5 cm³/mol. The Morgan fingerprint density at radius 1 is 1.43 bits per heavy atom. The summed E-state index contributed by atoms with van der Waals surface area (Å²) in [6.45, 7) is 0. The van der Waals surface area contributed by atoms with Crippen LogP contribution in [0.4, 0.5) is 5.82 Å². The molecule has 2 N–H and O–H groups in total. The smallest absolute Gasteiger partial charge is 0.166 e. The van der Waals surface area contributed by atoms with Gasteiger partial charge in [0, 0.05) is 4.47 Å². The van der Waals surface area contributed by atoms with Gasteiger partial charge in [0.1, 0.15) is 5.69 Å². The first kappa shape index (κ1) is 9.48. The van der Waals surface area contributed by atoms with E-state index < -0.39 is 0 Å². The summed E-state index contributed by atoms with van der Waals surface area (Å²) in [5, 5.41) is 8.48. The van der Waals surface area contributed by atoms with Crippen LogP contribution in [0, 0.1) is 0 Å². The average Bonchev–Trinajstić information content (AvgIpc) is 2.51. The molecular formula is C8H6BrClN4. The van der Waals surface area contributed by atoms with Gasteiger partial charge in [0.05, 0.1) is 11.2 Å². The van der Waals surface area contributed by atoms with Gasteiger partial charge in [-0.25, -0.2) is 0 Å². The second kappa shape index (κ2) is 3.59. The molecule has 0 amide bonds. The summed E-state index contributed by atoms with van der Waals surface area (Å²) >= 11 is 9.32. The molecule has 0 aliphatic carbocycles. The Balaban J connectivity index is 2.52. The molecular weight excluding hydrogens is 267 g/mol. The largest absolute Gasteiger partial charge is 0.381 e. The highest BCUT2D eigenvalue weighted by molar-refractivity contribution is 9.10. The van der Waals surface area contributed by atoms with Crippen LogP contribution >= 0.6 is 27.5 Å². The lowest BCUT2D eigenvalue weighted by molar-refractivity contribution is 0.754. The van der Waals surface area contributed by atoms with Gasteiger partial charge in [-0.2, -0.15) is 5.10 Å². The van der Waals surface area contributed by atoms with Crippen LogP contribution in [-0.4, -0.2) is 15.0 Å². The van der Waals surface area contributed by atoms with Crippen molar-refractivity contribution < 1.29 is 0 Å². The van der Waals surface area contributed by atoms with Gasteiger partial charge < -0.3 is 5.73 Å². The van der Waals surface area contributed by atoms with Gasteiger partial charge >= 0.3 is 0 Å². The van der Waals surface area contributed by atoms with Crippen molar-refractivity contribution in [3.8, 4) is 5.69 Å². The molecule has 0 aliphatic rings. The van der Waals surface area contributed by atoms with E-state index in [1.165, 1.54) is 11.0 Å². The van der Waals surface area contributed by atoms with Crippen LogP contribution in [0.3, 0.4) is 0 Å². The van der Waals surface area contributed by atoms with Crippen molar-refractivity contribution in [3.05, 3.63) is 33.9 Å². The molecule has 0 saturated carbocycles. The van der Waals surface area contributed by atoms with Gasteiger partial charge in [-0.1, -0.05) is 27.5 Å². The van der Waals surface area contributed by atoms with E-state index in [-0.39, 0.29) is 0 Å². The van der Waals surface area contributed by atoms with Crippen molar-refractivity contribution in [3.63, 3.8) is 0 Å². The Labute approximate surface area is 93.8 Å². The van der Waals surface area contributed by atoms with Crippen LogP contribution in [0.25, 0.3) is 5.69 Å². The highest BCUT2D eigenvalue weighted by Crippen LogP contribution is 2.23. The molecule has 1 aromatic carbocycles. The molecule has 0 aliphatic heterocycles. The summed E-state index contributed by atoms with van der Waals surface area (Å²) in [6.07, 6.45) is 1.47. The van der Waals surface area contributed by atoms with E-state index in [4.69, 9.17) is 17.3 Å². The lowest BCUT2D eigenvalue weighted by Crippen LogP contribution is -2.00. The zero-order valence-electron chi connectivity index (χ0n) is 6.98. The van der Waals surface area contributed by atoms with Crippen molar-refractivity contribution in [2.24, 2.45) is 0 Å². The van der Waals surface area contributed by atoms with Crippen molar-refractivity contribution >= 4 is 33.3 Å². The SMILES string of the molecule is Nc1cnn(-c2ccc(Br)cc2Cl)n1. The number of nitrogens with zero attached hydrogens (tertiary/aromatic N) is 3. The Hall–Kier alpha value is -1.07. The Morgan fingerprint density at radius 3 is 2.79 bits per heavy atom. The Bertz CT molecular complexity index is 468. The van der Waals surface area contributed by atoms with Gasteiger partial charge in [-0.15, -0.1) is 9.90 Å². The normalized spacial score (nSPS) is 10.4. The summed E-state index contributed by atoms with van der Waals surface area (Å²) in [5.41, 5.74) is 6.15. The fraction of sp³-hybridized carbons (Fsp3) is 0. The third kappa shape index (κ3) is 1.73. The van der Waals surface area contributed by atoms with Gasteiger partial charge in [0.2, 0.25) is 0 Å². The third-order valence-electron chi connectivity index (χ3n) is 1.63. The van der Waals surface area contributed by atoms with E-state index in [0.29, 0.717) is 16.5 Å². The number of halogens is 2. The molecule has 2 rings (SSSR count). The molecule has 0 radical (unpaired) electrons. The molecule has 2 aromatic rings. The van der Waals surface area contributed by atoms with Crippen molar-refractivity contribution in [2.75, 3.05) is 5.73 Å². The topological polar surface area (TPSA) is 56.7 Å². The highest BCUT2D eigenvalue weighted by Gasteiger charge is 2.05. The number of hydrogen-bond donors (Lipinski definition) is 1. The summed E-state index contributed by atoms with van der Waals surface area (Å²) in [4.78, 5) is 1.39. The average molecular weight is 274 g/mol. The number of rotatable bonds is 1. The molecule has 4 nitrogen and oxygen atoms in total. The number of nitrogen functional groups attached to an aromatic ring is 1. The summed E-state index contributed by atoms with van der Waals surface area (Å²) < 4.78 is 0.909. The molecule has 0 bridgehead atoms. The van der Waals surface area contributed by atoms with Crippen LogP contribution in [0.5, 0.6) is 0 Å². The molecule has 1 aromatic heterocycles. The van der Waals surface area contributed by atoms with E-state index >= 15 is 0 Å². The predicted octanol–water partition coefficient (Wildman–Crippen LogP) is 2.27. The Morgan fingerprint density at radius 2 is 2.21 bits per heavy atom. The van der Waals surface area contributed by atoms with Gasteiger partial charge in [0.15, 0.2) is 5.82 Å². The van der Waals surface area contributed by atoms with Crippen molar-refractivity contribution in [2.45, 2.75) is 0 Å². The zero-order valence-corrected chi connectivity index (χ0v) is 9.33. The second-order valence-electron chi connectivity index (χ2n) is 2.65. The number of anilines is 1. The highest BCUT2D eigenvalue weighted by atomic mass is 79.9. The number of aromatic nitrogens is 3. The third-order valence-corrected chi connectivity index (χ3v) is 2.43. The first-order chi connectivity index (χ1) is 6.66. The molecule has 14 heavy (non-hydrogen) atoms. The van der Waals surface area contributed by atoms with Crippen LogP contribution in [0.15, 0.2) is 28.9 Å². The van der Waals surface area contributed by atoms with Crippen LogP contribution in [-0.2, 0) is 0 Å². The molecule has 0 unspecified atom stereocenters. The monoisotopic (exact) mass is 272 g/mol. The minimum absolute atomic E-state index is 0.365. The number of benzene rings is 1. The minimum atomic E-state index is 0.365. The quantitative estimate of drug-likeness (QED) is 0.867. The molecule has 0 fully saturated rings. The van der Waals surface area contributed by atoms with Crippen LogP contribution < -0.4 is 5.73 Å². The first-order valence-electron chi connectivity index (χ1n) is 3.80. The minimum Gasteiger partial charge on any atom is -0.381 e. The van der Waals surface area contributed by atoms with Crippen LogP contribution in [0.2, 0.25) is 5.02 Å².